The topological polar surface area (TPSA) is 63.6 Å². The van der Waals surface area contributed by atoms with Crippen molar-refractivity contribution in [1.29, 1.82) is 0 Å². The Bertz CT molecular complexity index is 439. The van der Waals surface area contributed by atoms with Crippen LogP contribution in [0.2, 0.25) is 0 Å². The lowest BCUT2D eigenvalue weighted by atomic mass is 10.1. The number of carboxylic acids is 1. The van der Waals surface area contributed by atoms with E-state index in [2.05, 4.69) is 4.74 Å². The third kappa shape index (κ3) is 3.47. The van der Waals surface area contributed by atoms with Gasteiger partial charge in [-0.2, -0.15) is 13.2 Å². The van der Waals surface area contributed by atoms with Gasteiger partial charge in [-0.05, 0) is 6.07 Å². The van der Waals surface area contributed by atoms with Crippen LogP contribution in [0.4, 0.5) is 13.2 Å². The molecule has 17 heavy (non-hydrogen) atoms. The second-order valence-electron chi connectivity index (χ2n) is 3.04. The first-order valence-electron chi connectivity index (χ1n) is 4.37. The van der Waals surface area contributed by atoms with Crippen molar-refractivity contribution < 1.29 is 32.6 Å². The van der Waals surface area contributed by atoms with Gasteiger partial charge < -0.3 is 9.84 Å². The summed E-state index contributed by atoms with van der Waals surface area (Å²) in [6.45, 7) is -0.735. The van der Waals surface area contributed by atoms with Crippen LogP contribution < -0.4 is 0 Å². The molecule has 0 fully saturated rings. The van der Waals surface area contributed by atoms with Crippen LogP contribution in [0.5, 0.6) is 0 Å². The Balaban J connectivity index is 2.85. The van der Waals surface area contributed by atoms with Crippen molar-refractivity contribution in [3.63, 3.8) is 0 Å². The molecule has 92 valence electrons. The van der Waals surface area contributed by atoms with E-state index in [1.165, 1.54) is 12.1 Å². The average Bonchev–Trinajstić information content (AvgIpc) is 2.24. The minimum Gasteiger partial charge on any atom is -0.473 e. The summed E-state index contributed by atoms with van der Waals surface area (Å²) in [5, 5.41) is 8.19. The highest BCUT2D eigenvalue weighted by atomic mass is 19.4. The fraction of sp³-hybridized carbons (Fsp3) is 0.200. The zero-order valence-electron chi connectivity index (χ0n) is 8.32. The first-order chi connectivity index (χ1) is 7.82. The summed E-state index contributed by atoms with van der Waals surface area (Å²) < 4.78 is 41.6. The number of hydrogen-bond acceptors (Lipinski definition) is 3. The number of alkyl halides is 3. The molecule has 0 aromatic heterocycles. The van der Waals surface area contributed by atoms with E-state index in [0.29, 0.717) is 0 Å². The summed E-state index contributed by atoms with van der Waals surface area (Å²) in [5.41, 5.74) is -1.26. The molecule has 0 aliphatic rings. The molecule has 0 radical (unpaired) electrons. The van der Waals surface area contributed by atoms with Gasteiger partial charge in [-0.3, -0.25) is 0 Å². The molecule has 0 aliphatic carbocycles. The summed E-state index contributed by atoms with van der Waals surface area (Å²) in [5.74, 6) is -3.45. The van der Waals surface area contributed by atoms with E-state index in [-0.39, 0.29) is 5.56 Å². The first kappa shape index (κ1) is 13.0. The van der Waals surface area contributed by atoms with Gasteiger partial charge in [-0.15, -0.1) is 0 Å². The first-order valence-corrected chi connectivity index (χ1v) is 4.37. The summed E-state index contributed by atoms with van der Waals surface area (Å²) >= 11 is 0. The number of halogens is 3. The van der Waals surface area contributed by atoms with Crippen LogP contribution >= 0.6 is 0 Å². The molecule has 0 heterocycles. The lowest BCUT2D eigenvalue weighted by Crippen LogP contribution is -2.17. The molecule has 1 rings (SSSR count). The van der Waals surface area contributed by atoms with Crippen molar-refractivity contribution in [2.24, 2.45) is 0 Å². The van der Waals surface area contributed by atoms with Crippen LogP contribution in [0.3, 0.4) is 0 Å². The maximum atomic E-state index is 12.5. The number of benzene rings is 1. The van der Waals surface area contributed by atoms with Crippen molar-refractivity contribution in [1.82, 2.24) is 0 Å². The van der Waals surface area contributed by atoms with Gasteiger partial charge in [0.2, 0.25) is 0 Å². The van der Waals surface area contributed by atoms with Gasteiger partial charge in [0.15, 0.2) is 0 Å². The number of aliphatic carboxylic acids is 1. The predicted octanol–water partition coefficient (Wildman–Crippen LogP) is 1.83. The number of carbonyl (C=O) groups excluding carboxylic acids is 1. The molecule has 1 aromatic carbocycles. The van der Waals surface area contributed by atoms with Gasteiger partial charge in [-0.25, -0.2) is 9.59 Å². The monoisotopic (exact) mass is 248 g/mol. The Kier molecular flexibility index (Phi) is 3.72. The quantitative estimate of drug-likeness (QED) is 0.640. The molecule has 4 nitrogen and oxygen atoms in total. The van der Waals surface area contributed by atoms with Crippen molar-refractivity contribution in [2.75, 3.05) is 0 Å². The third-order valence-electron chi connectivity index (χ3n) is 1.86. The summed E-state index contributed by atoms with van der Waals surface area (Å²) in [6, 6.07) is 4.45. The van der Waals surface area contributed by atoms with Gasteiger partial charge in [0, 0.05) is 5.56 Å². The lowest BCUT2D eigenvalue weighted by Gasteiger charge is -2.11. The molecular weight excluding hydrogens is 241 g/mol. The fourth-order valence-electron chi connectivity index (χ4n) is 1.13. The normalized spacial score (nSPS) is 11.0. The minimum absolute atomic E-state index is 0.297. The van der Waals surface area contributed by atoms with Crippen LogP contribution in [0.15, 0.2) is 24.3 Å². The van der Waals surface area contributed by atoms with E-state index in [1.54, 1.807) is 0 Å². The van der Waals surface area contributed by atoms with E-state index in [1.807, 2.05) is 0 Å². The maximum Gasteiger partial charge on any atom is 0.417 e. The van der Waals surface area contributed by atoms with Crippen molar-refractivity contribution in [3.8, 4) is 0 Å². The zero-order chi connectivity index (χ0) is 13.1. The molecule has 0 bridgehead atoms. The molecule has 0 saturated carbocycles. The van der Waals surface area contributed by atoms with Gasteiger partial charge in [0.1, 0.15) is 6.61 Å². The fourth-order valence-corrected chi connectivity index (χ4v) is 1.13. The summed E-state index contributed by atoms with van der Waals surface area (Å²) in [6.07, 6.45) is -4.58. The Morgan fingerprint density at radius 1 is 1.24 bits per heavy atom. The molecule has 0 amide bonds. The van der Waals surface area contributed by atoms with Gasteiger partial charge in [0.25, 0.3) is 0 Å². The van der Waals surface area contributed by atoms with Gasteiger partial charge >= 0.3 is 18.1 Å². The largest absolute Gasteiger partial charge is 0.473 e. The number of rotatable bonds is 2. The number of ether oxygens (including phenoxy) is 1. The Morgan fingerprint density at radius 2 is 1.82 bits per heavy atom. The highest BCUT2D eigenvalue weighted by molar-refractivity contribution is 6.28. The van der Waals surface area contributed by atoms with Crippen LogP contribution in [-0.4, -0.2) is 17.0 Å². The molecule has 0 saturated heterocycles. The SMILES string of the molecule is O=C(O)C(=O)OCc1ccccc1C(F)(F)F. The van der Waals surface area contributed by atoms with E-state index < -0.39 is 30.3 Å². The van der Waals surface area contributed by atoms with Gasteiger partial charge in [-0.1, -0.05) is 18.2 Å². The Hall–Kier alpha value is -2.05. The molecule has 1 N–H and O–H groups in total. The Morgan fingerprint density at radius 3 is 2.35 bits per heavy atom. The molecule has 1 aromatic rings. The van der Waals surface area contributed by atoms with E-state index in [0.717, 1.165) is 12.1 Å². The van der Waals surface area contributed by atoms with Crippen molar-refractivity contribution in [2.45, 2.75) is 12.8 Å². The minimum atomic E-state index is -4.58. The van der Waals surface area contributed by atoms with E-state index in [9.17, 15) is 22.8 Å². The van der Waals surface area contributed by atoms with Crippen LogP contribution in [0.25, 0.3) is 0 Å². The van der Waals surface area contributed by atoms with E-state index in [4.69, 9.17) is 5.11 Å². The number of carbonyl (C=O) groups is 2. The molecule has 7 heteroatoms. The number of hydrogen-bond donors (Lipinski definition) is 1. The van der Waals surface area contributed by atoms with Crippen molar-refractivity contribution >= 4 is 11.9 Å². The summed E-state index contributed by atoms with van der Waals surface area (Å²) in [4.78, 5) is 20.7. The third-order valence-corrected chi connectivity index (χ3v) is 1.86. The molecule has 0 unspecified atom stereocenters. The molecule has 0 atom stereocenters. The lowest BCUT2D eigenvalue weighted by molar-refractivity contribution is -0.165. The zero-order valence-corrected chi connectivity index (χ0v) is 8.32. The van der Waals surface area contributed by atoms with E-state index >= 15 is 0 Å². The van der Waals surface area contributed by atoms with Gasteiger partial charge in [0.05, 0.1) is 5.56 Å². The van der Waals surface area contributed by atoms with Crippen LogP contribution in [0.1, 0.15) is 11.1 Å². The second-order valence-corrected chi connectivity index (χ2v) is 3.04. The predicted molar refractivity (Wildman–Crippen MR) is 48.9 cm³/mol. The maximum absolute atomic E-state index is 12.5. The second kappa shape index (κ2) is 4.86. The van der Waals surface area contributed by atoms with Crippen LogP contribution in [0, 0.1) is 0 Å². The number of carboxylic acid groups (broad SMARTS) is 1. The Labute approximate surface area is 93.6 Å². The van der Waals surface area contributed by atoms with Crippen molar-refractivity contribution in [3.05, 3.63) is 35.4 Å². The summed E-state index contributed by atoms with van der Waals surface area (Å²) in [7, 11) is 0. The van der Waals surface area contributed by atoms with Crippen LogP contribution in [-0.2, 0) is 27.1 Å². The molecular formula is C10H7F3O4. The average molecular weight is 248 g/mol. The standard InChI is InChI=1S/C10H7F3O4/c11-10(12,13)7-4-2-1-3-6(7)5-17-9(16)8(14)15/h1-4H,5H2,(H,14,15). The molecule has 0 aliphatic heterocycles. The number of esters is 1. The smallest absolute Gasteiger partial charge is 0.417 e. The highest BCUT2D eigenvalue weighted by Crippen LogP contribution is 2.32. The molecule has 0 spiro atoms. The highest BCUT2D eigenvalue weighted by Gasteiger charge is 2.33.